The third kappa shape index (κ3) is 2.07. The quantitative estimate of drug-likeness (QED) is 0.807. The third-order valence-corrected chi connectivity index (χ3v) is 9.61. The maximum Gasteiger partial charge on any atom is 0.0706 e. The highest BCUT2D eigenvalue weighted by molar-refractivity contribution is 5.14. The van der Waals surface area contributed by atoms with Crippen LogP contribution in [0, 0.1) is 34.5 Å². The smallest absolute Gasteiger partial charge is 0.0706 e. The van der Waals surface area contributed by atoms with E-state index >= 15 is 0 Å². The van der Waals surface area contributed by atoms with E-state index in [0.29, 0.717) is 23.9 Å². The molecule has 0 spiro atoms. The van der Waals surface area contributed by atoms with E-state index in [4.69, 9.17) is 4.74 Å². The Hall–Kier alpha value is -0.120. The highest BCUT2D eigenvalue weighted by Gasteiger charge is 2.64. The molecule has 4 saturated carbocycles. The van der Waals surface area contributed by atoms with Gasteiger partial charge < -0.3 is 14.9 Å². The van der Waals surface area contributed by atoms with Crippen molar-refractivity contribution in [3.63, 3.8) is 0 Å². The lowest BCUT2D eigenvalue weighted by atomic mass is 9.44. The lowest BCUT2D eigenvalue weighted by molar-refractivity contribution is -0.177. The second kappa shape index (κ2) is 5.69. The molecule has 0 saturated heterocycles. The standard InChI is InChI=1S/C21H36O3/c1-19-9-7-18-16(17(19)8-10-20(19,2)24-3)5-4-14-12-15(23)6-11-21(14,18)13-22/h14-18,22-23H,4-13H2,1-3H3/t14?,15-,16?,17?,18+,19?,20+,21?/m1/s1. The molecule has 0 aromatic rings. The van der Waals surface area contributed by atoms with Gasteiger partial charge in [-0.1, -0.05) is 6.92 Å². The second-order valence-electron chi connectivity index (χ2n) is 9.90. The summed E-state index contributed by atoms with van der Waals surface area (Å²) in [6, 6.07) is 0. The summed E-state index contributed by atoms with van der Waals surface area (Å²) < 4.78 is 6.04. The highest BCUT2D eigenvalue weighted by Crippen LogP contribution is 2.68. The van der Waals surface area contributed by atoms with Gasteiger partial charge in [0.05, 0.1) is 11.7 Å². The summed E-state index contributed by atoms with van der Waals surface area (Å²) in [5, 5.41) is 20.6. The van der Waals surface area contributed by atoms with Crippen LogP contribution in [0.25, 0.3) is 0 Å². The van der Waals surface area contributed by atoms with Gasteiger partial charge in [-0.3, -0.25) is 0 Å². The van der Waals surface area contributed by atoms with Gasteiger partial charge in [0.15, 0.2) is 0 Å². The Bertz CT molecular complexity index is 493. The highest BCUT2D eigenvalue weighted by atomic mass is 16.5. The van der Waals surface area contributed by atoms with Crippen LogP contribution in [0.1, 0.15) is 71.6 Å². The predicted octanol–water partition coefficient (Wildman–Crippen LogP) is 3.77. The van der Waals surface area contributed by atoms with E-state index in [9.17, 15) is 10.2 Å². The molecule has 4 aliphatic rings. The van der Waals surface area contributed by atoms with Crippen LogP contribution in [0.15, 0.2) is 0 Å². The lowest BCUT2D eigenvalue weighted by Crippen LogP contribution is -2.58. The fourth-order valence-electron chi connectivity index (χ4n) is 7.90. The summed E-state index contributed by atoms with van der Waals surface area (Å²) in [7, 11) is 1.90. The molecule has 3 nitrogen and oxygen atoms in total. The van der Waals surface area contributed by atoms with Crippen LogP contribution < -0.4 is 0 Å². The van der Waals surface area contributed by atoms with Crippen LogP contribution in [-0.2, 0) is 4.74 Å². The van der Waals surface area contributed by atoms with Crippen molar-refractivity contribution in [1.29, 1.82) is 0 Å². The van der Waals surface area contributed by atoms with Crippen molar-refractivity contribution in [2.24, 2.45) is 34.5 Å². The number of rotatable bonds is 2. The van der Waals surface area contributed by atoms with Gasteiger partial charge in [0, 0.05) is 13.7 Å². The van der Waals surface area contributed by atoms with Crippen molar-refractivity contribution >= 4 is 0 Å². The molecule has 4 fully saturated rings. The first-order valence-electron chi connectivity index (χ1n) is 10.2. The Morgan fingerprint density at radius 2 is 1.71 bits per heavy atom. The number of ether oxygens (including phenoxy) is 1. The van der Waals surface area contributed by atoms with Gasteiger partial charge in [0.2, 0.25) is 0 Å². The third-order valence-electron chi connectivity index (χ3n) is 9.61. The van der Waals surface area contributed by atoms with Crippen LogP contribution in [0.2, 0.25) is 0 Å². The molecule has 4 aliphatic carbocycles. The molecule has 0 bridgehead atoms. The van der Waals surface area contributed by atoms with Crippen LogP contribution in [-0.4, -0.2) is 35.6 Å². The van der Waals surface area contributed by atoms with E-state index in [0.717, 1.165) is 31.1 Å². The number of methoxy groups -OCH3 is 1. The summed E-state index contributed by atoms with van der Waals surface area (Å²) in [6.07, 6.45) is 10.1. The molecule has 8 atom stereocenters. The molecule has 24 heavy (non-hydrogen) atoms. The molecule has 138 valence electrons. The number of hydrogen-bond acceptors (Lipinski definition) is 3. The monoisotopic (exact) mass is 336 g/mol. The molecule has 5 unspecified atom stereocenters. The summed E-state index contributed by atoms with van der Waals surface area (Å²) in [6.45, 7) is 5.14. The van der Waals surface area contributed by atoms with E-state index in [2.05, 4.69) is 13.8 Å². The van der Waals surface area contributed by atoms with Gasteiger partial charge in [0.1, 0.15) is 0 Å². The first-order valence-corrected chi connectivity index (χ1v) is 10.2. The molecular weight excluding hydrogens is 300 g/mol. The Balaban J connectivity index is 1.65. The molecule has 4 rings (SSSR count). The summed E-state index contributed by atoms with van der Waals surface area (Å²) in [4.78, 5) is 0. The fraction of sp³-hybridized carbons (Fsp3) is 1.00. The van der Waals surface area contributed by atoms with Crippen LogP contribution in [0.4, 0.5) is 0 Å². The van der Waals surface area contributed by atoms with E-state index in [-0.39, 0.29) is 17.1 Å². The van der Waals surface area contributed by atoms with Crippen LogP contribution >= 0.6 is 0 Å². The van der Waals surface area contributed by atoms with Crippen LogP contribution in [0.3, 0.4) is 0 Å². The van der Waals surface area contributed by atoms with Gasteiger partial charge in [-0.05, 0) is 99.2 Å². The maximum absolute atomic E-state index is 10.4. The van der Waals surface area contributed by atoms with Gasteiger partial charge in [-0.25, -0.2) is 0 Å². The van der Waals surface area contributed by atoms with E-state index < -0.39 is 0 Å². The second-order valence-corrected chi connectivity index (χ2v) is 9.90. The van der Waals surface area contributed by atoms with Crippen molar-refractivity contribution in [1.82, 2.24) is 0 Å². The molecule has 0 heterocycles. The van der Waals surface area contributed by atoms with Gasteiger partial charge >= 0.3 is 0 Å². The molecule has 0 amide bonds. The fourth-order valence-corrected chi connectivity index (χ4v) is 7.90. The van der Waals surface area contributed by atoms with Crippen molar-refractivity contribution in [2.75, 3.05) is 13.7 Å². The molecule has 0 aliphatic heterocycles. The lowest BCUT2D eigenvalue weighted by Gasteiger charge is -2.62. The number of hydrogen-bond donors (Lipinski definition) is 2. The van der Waals surface area contributed by atoms with Crippen molar-refractivity contribution in [3.05, 3.63) is 0 Å². The minimum absolute atomic E-state index is 0.0224. The number of aliphatic hydroxyl groups is 2. The first kappa shape index (κ1) is 17.3. The predicted molar refractivity (Wildman–Crippen MR) is 94.6 cm³/mol. The van der Waals surface area contributed by atoms with Crippen molar-refractivity contribution in [2.45, 2.75) is 83.3 Å². The average Bonchev–Trinajstić information content (AvgIpc) is 2.86. The van der Waals surface area contributed by atoms with Gasteiger partial charge in [-0.15, -0.1) is 0 Å². The first-order chi connectivity index (χ1) is 11.4. The molecule has 0 aromatic heterocycles. The summed E-state index contributed by atoms with van der Waals surface area (Å²) in [5.74, 6) is 2.69. The minimum Gasteiger partial charge on any atom is -0.396 e. The topological polar surface area (TPSA) is 49.7 Å². The zero-order valence-electron chi connectivity index (χ0n) is 15.8. The Kier molecular flexibility index (Phi) is 4.10. The van der Waals surface area contributed by atoms with E-state index in [1.165, 1.54) is 38.5 Å². The van der Waals surface area contributed by atoms with Gasteiger partial charge in [-0.2, -0.15) is 0 Å². The zero-order valence-corrected chi connectivity index (χ0v) is 15.8. The minimum atomic E-state index is -0.136. The van der Waals surface area contributed by atoms with Crippen molar-refractivity contribution in [3.8, 4) is 0 Å². The molecular formula is C21H36O3. The number of aliphatic hydroxyl groups excluding tert-OH is 2. The van der Waals surface area contributed by atoms with E-state index in [1.54, 1.807) is 0 Å². The van der Waals surface area contributed by atoms with Crippen LogP contribution in [0.5, 0.6) is 0 Å². The summed E-state index contributed by atoms with van der Waals surface area (Å²) >= 11 is 0. The maximum atomic E-state index is 10.4. The molecule has 0 aromatic carbocycles. The Labute approximate surface area is 147 Å². The van der Waals surface area contributed by atoms with E-state index in [1.807, 2.05) is 7.11 Å². The Morgan fingerprint density at radius 3 is 2.42 bits per heavy atom. The zero-order chi connectivity index (χ0) is 17.2. The largest absolute Gasteiger partial charge is 0.396 e. The normalized spacial score (nSPS) is 57.1. The molecule has 3 heteroatoms. The SMILES string of the molecule is CO[C@@]1(C)CCC2C3CCC4C[C@H](O)CCC4(CO)[C@H]3CCC21C. The molecule has 0 radical (unpaired) electrons. The summed E-state index contributed by atoms with van der Waals surface area (Å²) in [5.41, 5.74) is 0.407. The number of fused-ring (bicyclic) bond motifs is 5. The Morgan fingerprint density at radius 1 is 0.958 bits per heavy atom. The molecule has 2 N–H and O–H groups in total. The average molecular weight is 337 g/mol. The van der Waals surface area contributed by atoms with Gasteiger partial charge in [0.25, 0.3) is 0 Å². The van der Waals surface area contributed by atoms with Crippen molar-refractivity contribution < 1.29 is 14.9 Å².